The molecule has 0 unspecified atom stereocenters. The van der Waals surface area contributed by atoms with Crippen LogP contribution in [0.5, 0.6) is 0 Å². The summed E-state index contributed by atoms with van der Waals surface area (Å²) in [5.41, 5.74) is 0.209. The van der Waals surface area contributed by atoms with Gasteiger partial charge in [-0.3, -0.25) is 9.59 Å². The van der Waals surface area contributed by atoms with Gasteiger partial charge in [0, 0.05) is 18.6 Å². The molecule has 0 spiro atoms. The number of aryl methyl sites for hydroxylation is 1. The number of nitrogens with zero attached hydrogens (tertiary/aromatic N) is 1. The largest absolute Gasteiger partial charge is 0.350 e. The Morgan fingerprint density at radius 3 is 2.80 bits per heavy atom. The second-order valence-corrected chi connectivity index (χ2v) is 3.30. The zero-order valence-electron chi connectivity index (χ0n) is 8.03. The molecule has 0 radical (unpaired) electrons. The molecule has 0 saturated heterocycles. The first kappa shape index (κ1) is 9.58. The Morgan fingerprint density at radius 1 is 1.40 bits per heavy atom. The molecule has 2 rings (SSSR count). The van der Waals surface area contributed by atoms with Gasteiger partial charge in [0.1, 0.15) is 5.82 Å². The fraction of sp³-hybridized carbons (Fsp3) is 0.0909. The number of aromatic nitrogens is 1. The summed E-state index contributed by atoms with van der Waals surface area (Å²) in [4.78, 5) is 22.3. The number of hydrogen-bond donors (Lipinski definition) is 0. The highest BCUT2D eigenvalue weighted by atomic mass is 19.1. The second kappa shape index (κ2) is 3.31. The summed E-state index contributed by atoms with van der Waals surface area (Å²) in [7, 11) is 1.70. The van der Waals surface area contributed by atoms with Crippen molar-refractivity contribution < 1.29 is 9.18 Å². The van der Waals surface area contributed by atoms with Crippen molar-refractivity contribution in [3.05, 3.63) is 46.0 Å². The molecule has 15 heavy (non-hydrogen) atoms. The number of halogens is 1. The van der Waals surface area contributed by atoms with Crippen LogP contribution < -0.4 is 5.43 Å². The van der Waals surface area contributed by atoms with Gasteiger partial charge >= 0.3 is 0 Å². The maximum atomic E-state index is 12.9. The zero-order valence-corrected chi connectivity index (χ0v) is 8.03. The predicted octanol–water partition coefficient (Wildman–Crippen LogP) is 1.49. The van der Waals surface area contributed by atoms with Crippen molar-refractivity contribution >= 4 is 17.2 Å². The number of carbonyl (C=O) groups excluding carboxylic acids is 1. The molecule has 0 atom stereocenters. The van der Waals surface area contributed by atoms with Crippen molar-refractivity contribution in [2.24, 2.45) is 7.05 Å². The Hall–Kier alpha value is -1.97. The molecule has 76 valence electrons. The number of fused-ring (bicyclic) bond motifs is 1. The lowest BCUT2D eigenvalue weighted by atomic mass is 10.1. The first-order chi connectivity index (χ1) is 7.13. The lowest BCUT2D eigenvalue weighted by Crippen LogP contribution is -2.12. The Bertz CT molecular complexity index is 601. The van der Waals surface area contributed by atoms with Gasteiger partial charge in [0.2, 0.25) is 0 Å². The van der Waals surface area contributed by atoms with Crippen LogP contribution in [0.15, 0.2) is 29.2 Å². The van der Waals surface area contributed by atoms with Gasteiger partial charge in [-0.2, -0.15) is 0 Å². The number of hydrogen-bond acceptors (Lipinski definition) is 2. The lowest BCUT2D eigenvalue weighted by Gasteiger charge is -2.05. The molecule has 1 aromatic heterocycles. The van der Waals surface area contributed by atoms with Crippen LogP contribution in [-0.4, -0.2) is 10.9 Å². The third kappa shape index (κ3) is 1.44. The molecule has 0 aliphatic carbocycles. The smallest absolute Gasteiger partial charge is 0.199 e. The van der Waals surface area contributed by atoms with Crippen molar-refractivity contribution in [2.75, 3.05) is 0 Å². The topological polar surface area (TPSA) is 39.1 Å². The zero-order chi connectivity index (χ0) is 11.0. The van der Waals surface area contributed by atoms with Crippen LogP contribution in [0.25, 0.3) is 10.9 Å². The summed E-state index contributed by atoms with van der Waals surface area (Å²) in [6, 6.07) is 3.94. The lowest BCUT2D eigenvalue weighted by molar-refractivity contribution is 0.112. The van der Waals surface area contributed by atoms with Crippen molar-refractivity contribution in [3.8, 4) is 0 Å². The van der Waals surface area contributed by atoms with Gasteiger partial charge in [0.15, 0.2) is 11.7 Å². The monoisotopic (exact) mass is 205 g/mol. The third-order valence-corrected chi connectivity index (χ3v) is 2.31. The van der Waals surface area contributed by atoms with Crippen LogP contribution >= 0.6 is 0 Å². The summed E-state index contributed by atoms with van der Waals surface area (Å²) in [6.45, 7) is 0. The highest BCUT2D eigenvalue weighted by Crippen LogP contribution is 2.11. The maximum Gasteiger partial charge on any atom is 0.199 e. The molecular formula is C11H8FNO2. The summed E-state index contributed by atoms with van der Waals surface area (Å²) >= 11 is 0. The predicted molar refractivity (Wildman–Crippen MR) is 54.5 cm³/mol. The average molecular weight is 205 g/mol. The summed E-state index contributed by atoms with van der Waals surface area (Å²) in [5.74, 6) is -0.484. The molecule has 3 nitrogen and oxygen atoms in total. The molecule has 0 aliphatic heterocycles. The molecular weight excluding hydrogens is 197 g/mol. The molecule has 0 N–H and O–H groups in total. The third-order valence-electron chi connectivity index (χ3n) is 2.31. The van der Waals surface area contributed by atoms with Crippen molar-refractivity contribution in [1.29, 1.82) is 0 Å². The van der Waals surface area contributed by atoms with E-state index in [1.54, 1.807) is 11.6 Å². The van der Waals surface area contributed by atoms with Crippen LogP contribution in [0, 0.1) is 5.82 Å². The van der Waals surface area contributed by atoms with E-state index in [9.17, 15) is 14.0 Å². The van der Waals surface area contributed by atoms with E-state index in [1.807, 2.05) is 0 Å². The molecule has 4 heteroatoms. The Kier molecular flexibility index (Phi) is 2.11. The SMILES string of the molecule is Cn1cc(C=O)c(=O)c2cc(F)ccc21. The molecule has 0 saturated carbocycles. The van der Waals surface area contributed by atoms with Crippen molar-refractivity contribution in [3.63, 3.8) is 0 Å². The van der Waals surface area contributed by atoms with Crippen LogP contribution in [0.1, 0.15) is 10.4 Å². The van der Waals surface area contributed by atoms with Crippen LogP contribution in [-0.2, 0) is 7.05 Å². The van der Waals surface area contributed by atoms with Gasteiger partial charge in [0.25, 0.3) is 0 Å². The van der Waals surface area contributed by atoms with Gasteiger partial charge in [-0.1, -0.05) is 0 Å². The molecule has 0 aliphatic rings. The summed E-state index contributed by atoms with van der Waals surface area (Å²) in [5, 5.41) is 0.224. The Morgan fingerprint density at radius 2 is 2.13 bits per heavy atom. The van der Waals surface area contributed by atoms with Crippen LogP contribution in [0.2, 0.25) is 0 Å². The number of carbonyl (C=O) groups is 1. The van der Waals surface area contributed by atoms with Gasteiger partial charge in [-0.05, 0) is 18.2 Å². The molecule has 1 heterocycles. The highest BCUT2D eigenvalue weighted by Gasteiger charge is 2.07. The minimum atomic E-state index is -0.484. The van der Waals surface area contributed by atoms with Crippen molar-refractivity contribution in [1.82, 2.24) is 4.57 Å². The first-order valence-corrected chi connectivity index (χ1v) is 4.37. The van der Waals surface area contributed by atoms with E-state index in [4.69, 9.17) is 0 Å². The minimum absolute atomic E-state index is 0.0376. The molecule has 0 fully saturated rings. The molecule has 0 amide bonds. The molecule has 2 aromatic rings. The van der Waals surface area contributed by atoms with Crippen LogP contribution in [0.3, 0.4) is 0 Å². The minimum Gasteiger partial charge on any atom is -0.350 e. The van der Waals surface area contributed by atoms with E-state index >= 15 is 0 Å². The summed E-state index contributed by atoms with van der Waals surface area (Å²) in [6.07, 6.45) is 1.92. The van der Waals surface area contributed by atoms with Gasteiger partial charge in [-0.25, -0.2) is 4.39 Å². The average Bonchev–Trinajstić information content (AvgIpc) is 2.23. The quantitative estimate of drug-likeness (QED) is 0.661. The van der Waals surface area contributed by atoms with Crippen LogP contribution in [0.4, 0.5) is 4.39 Å². The molecule has 0 bridgehead atoms. The van der Waals surface area contributed by atoms with Gasteiger partial charge in [-0.15, -0.1) is 0 Å². The van der Waals surface area contributed by atoms with Crippen molar-refractivity contribution in [2.45, 2.75) is 0 Å². The second-order valence-electron chi connectivity index (χ2n) is 3.30. The molecule has 1 aromatic carbocycles. The first-order valence-electron chi connectivity index (χ1n) is 4.37. The number of rotatable bonds is 1. The van der Waals surface area contributed by atoms with Gasteiger partial charge in [0.05, 0.1) is 11.1 Å². The van der Waals surface area contributed by atoms with E-state index in [1.165, 1.54) is 18.3 Å². The normalized spacial score (nSPS) is 10.5. The van der Waals surface area contributed by atoms with E-state index < -0.39 is 11.2 Å². The number of benzene rings is 1. The van der Waals surface area contributed by atoms with E-state index in [0.717, 1.165) is 6.07 Å². The number of aldehydes is 1. The summed E-state index contributed by atoms with van der Waals surface area (Å²) < 4.78 is 14.6. The van der Waals surface area contributed by atoms with E-state index in [0.29, 0.717) is 11.8 Å². The van der Waals surface area contributed by atoms with E-state index in [-0.39, 0.29) is 10.9 Å². The van der Waals surface area contributed by atoms with Gasteiger partial charge < -0.3 is 4.57 Å². The Balaban J connectivity index is 3.01. The fourth-order valence-corrected chi connectivity index (χ4v) is 1.57. The standard InChI is InChI=1S/C11H8FNO2/c1-13-5-7(6-14)11(15)9-4-8(12)2-3-10(9)13/h2-6H,1H3. The Labute approximate surface area is 84.8 Å². The van der Waals surface area contributed by atoms with E-state index in [2.05, 4.69) is 0 Å². The maximum absolute atomic E-state index is 12.9. The number of pyridine rings is 1. The highest BCUT2D eigenvalue weighted by molar-refractivity contribution is 5.86. The fourth-order valence-electron chi connectivity index (χ4n) is 1.57.